The lowest BCUT2D eigenvalue weighted by Crippen LogP contribution is -2.35. The molecule has 1 aromatic carbocycles. The third-order valence-electron chi connectivity index (χ3n) is 2.85. The van der Waals surface area contributed by atoms with Crippen LogP contribution in [-0.2, 0) is 11.3 Å². The summed E-state index contributed by atoms with van der Waals surface area (Å²) in [6, 6.07) is 9.19. The van der Waals surface area contributed by atoms with Crippen molar-refractivity contribution < 1.29 is 9.90 Å². The van der Waals surface area contributed by atoms with Crippen molar-refractivity contribution in [3.8, 4) is 6.07 Å². The lowest BCUT2D eigenvalue weighted by atomic mass is 10.0. The van der Waals surface area contributed by atoms with Crippen LogP contribution in [0.1, 0.15) is 25.0 Å². The van der Waals surface area contributed by atoms with Gasteiger partial charge in [0.25, 0.3) is 0 Å². The molecule has 0 heterocycles. The van der Waals surface area contributed by atoms with Crippen LogP contribution in [0.3, 0.4) is 0 Å². The molecule has 0 spiro atoms. The van der Waals surface area contributed by atoms with Crippen LogP contribution in [-0.4, -0.2) is 17.1 Å². The van der Waals surface area contributed by atoms with Gasteiger partial charge in [-0.25, -0.2) is 0 Å². The monoisotopic (exact) mass is 232 g/mol. The van der Waals surface area contributed by atoms with Gasteiger partial charge in [0.05, 0.1) is 17.6 Å². The number of hydrogen-bond donors (Lipinski definition) is 2. The summed E-state index contributed by atoms with van der Waals surface area (Å²) in [5.41, 5.74) is 1.66. The molecule has 0 radical (unpaired) electrons. The number of rotatable bonds is 5. The first-order valence-corrected chi connectivity index (χ1v) is 5.50. The van der Waals surface area contributed by atoms with E-state index in [1.54, 1.807) is 19.1 Å². The zero-order valence-corrected chi connectivity index (χ0v) is 9.97. The normalized spacial score (nSPS) is 13.7. The Morgan fingerprint density at radius 1 is 1.41 bits per heavy atom. The second-order valence-corrected chi connectivity index (χ2v) is 4.11. The summed E-state index contributed by atoms with van der Waals surface area (Å²) in [5.74, 6) is -1.22. The van der Waals surface area contributed by atoms with Crippen LogP contribution in [0.15, 0.2) is 24.3 Å². The first-order chi connectivity index (χ1) is 8.04. The third-order valence-corrected chi connectivity index (χ3v) is 2.85. The van der Waals surface area contributed by atoms with Gasteiger partial charge in [-0.2, -0.15) is 5.26 Å². The van der Waals surface area contributed by atoms with Crippen LogP contribution in [0, 0.1) is 17.2 Å². The fourth-order valence-electron chi connectivity index (χ4n) is 1.37. The summed E-state index contributed by atoms with van der Waals surface area (Å²) in [6.07, 6.45) is 0. The quantitative estimate of drug-likeness (QED) is 0.811. The van der Waals surface area contributed by atoms with E-state index in [2.05, 4.69) is 11.4 Å². The van der Waals surface area contributed by atoms with Gasteiger partial charge in [-0.1, -0.05) is 19.1 Å². The third kappa shape index (κ3) is 3.89. The van der Waals surface area contributed by atoms with Crippen molar-refractivity contribution in [2.45, 2.75) is 26.4 Å². The van der Waals surface area contributed by atoms with E-state index >= 15 is 0 Å². The van der Waals surface area contributed by atoms with Crippen molar-refractivity contribution in [3.05, 3.63) is 35.4 Å². The SMILES string of the molecule is CC(NCc1ccc(C#N)cc1)C(C)C(=O)O. The number of nitriles is 1. The Labute approximate surface area is 101 Å². The molecule has 0 bridgehead atoms. The molecule has 90 valence electrons. The topological polar surface area (TPSA) is 73.1 Å². The molecule has 0 amide bonds. The molecule has 17 heavy (non-hydrogen) atoms. The molecule has 4 heteroatoms. The molecule has 4 nitrogen and oxygen atoms in total. The first-order valence-electron chi connectivity index (χ1n) is 5.50. The number of carboxylic acids is 1. The van der Waals surface area contributed by atoms with Crippen molar-refractivity contribution in [1.29, 1.82) is 5.26 Å². The summed E-state index contributed by atoms with van der Waals surface area (Å²) in [6.45, 7) is 4.13. The van der Waals surface area contributed by atoms with Gasteiger partial charge in [-0.3, -0.25) is 4.79 Å². The zero-order chi connectivity index (χ0) is 12.8. The summed E-state index contributed by atoms with van der Waals surface area (Å²) >= 11 is 0. The maximum Gasteiger partial charge on any atom is 0.307 e. The zero-order valence-electron chi connectivity index (χ0n) is 9.97. The highest BCUT2D eigenvalue weighted by Gasteiger charge is 2.18. The summed E-state index contributed by atoms with van der Waals surface area (Å²) in [7, 11) is 0. The molecular formula is C13H16N2O2. The van der Waals surface area contributed by atoms with Gasteiger partial charge in [0.15, 0.2) is 0 Å². The molecule has 0 saturated carbocycles. The van der Waals surface area contributed by atoms with Crippen molar-refractivity contribution in [2.75, 3.05) is 0 Å². The highest BCUT2D eigenvalue weighted by molar-refractivity contribution is 5.70. The van der Waals surface area contributed by atoms with Crippen LogP contribution in [0.2, 0.25) is 0 Å². The van der Waals surface area contributed by atoms with Crippen molar-refractivity contribution in [1.82, 2.24) is 5.32 Å². The highest BCUT2D eigenvalue weighted by atomic mass is 16.4. The predicted octanol–water partition coefficient (Wildman–Crippen LogP) is 1.76. The van der Waals surface area contributed by atoms with E-state index in [9.17, 15) is 4.79 Å². The van der Waals surface area contributed by atoms with Gasteiger partial charge in [-0.15, -0.1) is 0 Å². The molecule has 1 rings (SSSR count). The molecule has 2 N–H and O–H groups in total. The molecule has 1 aromatic rings. The maximum atomic E-state index is 10.8. The lowest BCUT2D eigenvalue weighted by Gasteiger charge is -2.17. The van der Waals surface area contributed by atoms with Crippen LogP contribution in [0.25, 0.3) is 0 Å². The maximum absolute atomic E-state index is 10.8. The molecular weight excluding hydrogens is 216 g/mol. The number of aliphatic carboxylic acids is 1. The Hall–Kier alpha value is -1.86. The van der Waals surface area contributed by atoms with E-state index in [-0.39, 0.29) is 6.04 Å². The van der Waals surface area contributed by atoms with Crippen LogP contribution < -0.4 is 5.32 Å². The van der Waals surface area contributed by atoms with Crippen LogP contribution in [0.4, 0.5) is 0 Å². The number of carbonyl (C=O) groups is 1. The van der Waals surface area contributed by atoms with E-state index < -0.39 is 11.9 Å². The van der Waals surface area contributed by atoms with Gasteiger partial charge in [0, 0.05) is 12.6 Å². The summed E-state index contributed by atoms with van der Waals surface area (Å²) in [4.78, 5) is 10.8. The molecule has 0 fully saturated rings. The Balaban J connectivity index is 2.50. The van der Waals surface area contributed by atoms with Gasteiger partial charge >= 0.3 is 5.97 Å². The molecule has 0 saturated heterocycles. The lowest BCUT2D eigenvalue weighted by molar-refractivity contribution is -0.141. The Bertz CT molecular complexity index is 420. The molecule has 2 unspecified atom stereocenters. The molecule has 0 aromatic heterocycles. The van der Waals surface area contributed by atoms with Crippen LogP contribution in [0.5, 0.6) is 0 Å². The van der Waals surface area contributed by atoms with E-state index in [1.165, 1.54) is 0 Å². The van der Waals surface area contributed by atoms with E-state index in [1.807, 2.05) is 19.1 Å². The minimum atomic E-state index is -0.801. The van der Waals surface area contributed by atoms with Gasteiger partial charge in [0.1, 0.15) is 0 Å². The first kappa shape index (κ1) is 13.2. The summed E-state index contributed by atoms with van der Waals surface area (Å²) in [5, 5.41) is 20.6. The Morgan fingerprint density at radius 3 is 2.47 bits per heavy atom. The fraction of sp³-hybridized carbons (Fsp3) is 0.385. The standard InChI is InChI=1S/C13H16N2O2/c1-9(13(16)17)10(2)15-8-12-5-3-11(7-14)4-6-12/h3-6,9-10,15H,8H2,1-2H3,(H,16,17). The number of carboxylic acid groups (broad SMARTS) is 1. The van der Waals surface area contributed by atoms with E-state index in [4.69, 9.17) is 10.4 Å². The largest absolute Gasteiger partial charge is 0.481 e. The number of benzene rings is 1. The average Bonchev–Trinajstić information content (AvgIpc) is 2.35. The average molecular weight is 232 g/mol. The fourth-order valence-corrected chi connectivity index (χ4v) is 1.37. The molecule has 0 aliphatic carbocycles. The molecule has 2 atom stereocenters. The van der Waals surface area contributed by atoms with E-state index in [0.29, 0.717) is 12.1 Å². The second kappa shape index (κ2) is 6.02. The number of nitrogens with zero attached hydrogens (tertiary/aromatic N) is 1. The Kier molecular flexibility index (Phi) is 4.68. The Morgan fingerprint density at radius 2 is 2.00 bits per heavy atom. The minimum Gasteiger partial charge on any atom is -0.481 e. The number of hydrogen-bond acceptors (Lipinski definition) is 3. The molecule has 0 aliphatic rings. The second-order valence-electron chi connectivity index (χ2n) is 4.11. The minimum absolute atomic E-state index is 0.0943. The van der Waals surface area contributed by atoms with Gasteiger partial charge < -0.3 is 10.4 Å². The van der Waals surface area contributed by atoms with Crippen molar-refractivity contribution in [2.24, 2.45) is 5.92 Å². The van der Waals surface area contributed by atoms with Gasteiger partial charge in [-0.05, 0) is 24.6 Å². The van der Waals surface area contributed by atoms with Crippen molar-refractivity contribution >= 4 is 5.97 Å². The smallest absolute Gasteiger partial charge is 0.307 e. The van der Waals surface area contributed by atoms with E-state index in [0.717, 1.165) is 5.56 Å². The highest BCUT2D eigenvalue weighted by Crippen LogP contribution is 2.06. The van der Waals surface area contributed by atoms with Gasteiger partial charge in [0.2, 0.25) is 0 Å². The molecule has 0 aliphatic heterocycles. The predicted molar refractivity (Wildman–Crippen MR) is 64.3 cm³/mol. The summed E-state index contributed by atoms with van der Waals surface area (Å²) < 4.78 is 0. The van der Waals surface area contributed by atoms with Crippen molar-refractivity contribution in [3.63, 3.8) is 0 Å². The van der Waals surface area contributed by atoms with Crippen LogP contribution >= 0.6 is 0 Å². The number of nitrogens with one attached hydrogen (secondary N) is 1.